The van der Waals surface area contributed by atoms with Crippen LogP contribution in [-0.4, -0.2) is 11.5 Å². The molecular formula is C63H70N2. The van der Waals surface area contributed by atoms with E-state index in [0.29, 0.717) is 18.4 Å². The fourth-order valence-corrected chi connectivity index (χ4v) is 10.5. The molecule has 65 heavy (non-hydrogen) atoms. The number of fused-ring (bicyclic) bond motifs is 2. The molecule has 2 aromatic carbocycles. The molecule has 0 aromatic heterocycles. The van der Waals surface area contributed by atoms with Crippen LogP contribution in [0, 0.1) is 17.3 Å². The monoisotopic (exact) mass is 855 g/mol. The largest absolute Gasteiger partial charge is 0.262 e. The fourth-order valence-electron chi connectivity index (χ4n) is 10.5. The zero-order valence-corrected chi connectivity index (χ0v) is 39.9. The molecule has 3 atom stereocenters. The smallest absolute Gasteiger partial charge is 0.150 e. The standard InChI is InChI=1S/C63H70N2/c1-7-52-42-57(56-31-18-24-51(39-56)44-64-62(58-32-16-20-46(3)38-58)65-48(5)53-25-9-8-10-26-53)29-14-13-27-54(52)30-17-23-49-33-34-59-43-63(6)36-35-50(41-61(63)60(59)40-49)22-15-19-45(2)37-55-28-12-11-21-47(55)4/h7-10,13-15,17-19,21,24-26,28-31,33-35,37-39,41,46,49H,1,11-12,16,20,22-23,27,32,36,40,42-44H2,2-6H3/b14-13-,19-15-,30-17-,45-37+,54-52+,57-29+,64-62-,65-48+. The quantitative estimate of drug-likeness (QED) is 0.109. The average Bonchev–Trinajstić information content (AvgIpc) is 3.60. The average molecular weight is 855 g/mol. The number of hydrogen-bond donors (Lipinski definition) is 0. The summed E-state index contributed by atoms with van der Waals surface area (Å²) in [7, 11) is 0. The molecule has 0 saturated carbocycles. The Morgan fingerprint density at radius 3 is 2.68 bits per heavy atom. The van der Waals surface area contributed by atoms with Crippen LogP contribution < -0.4 is 0 Å². The van der Waals surface area contributed by atoms with Crippen molar-refractivity contribution in [3.05, 3.63) is 231 Å². The SMILES string of the molecule is C=C/C1=C(\C=C/CC2C=CC3=C(C2)C2=CC(C/C=C\C(C)=C\C4=CCCC=C4C)=CCC2(C)C3)C/C=C\C=C(\c2cccc(C/N=C(\N=C(/C)c3ccccc3)C3=CC(C)CCC3)c2)C1. The van der Waals surface area contributed by atoms with E-state index in [2.05, 4.69) is 193 Å². The summed E-state index contributed by atoms with van der Waals surface area (Å²) >= 11 is 0. The van der Waals surface area contributed by atoms with Crippen LogP contribution >= 0.6 is 0 Å². The first-order chi connectivity index (χ1) is 31.6. The zero-order chi connectivity index (χ0) is 45.2. The second kappa shape index (κ2) is 21.4. The van der Waals surface area contributed by atoms with Crippen molar-refractivity contribution in [1.29, 1.82) is 0 Å². The molecule has 2 aromatic rings. The summed E-state index contributed by atoms with van der Waals surface area (Å²) in [6.07, 6.45) is 50.8. The van der Waals surface area contributed by atoms with E-state index < -0.39 is 0 Å². The van der Waals surface area contributed by atoms with E-state index in [-0.39, 0.29) is 5.41 Å². The van der Waals surface area contributed by atoms with Crippen molar-refractivity contribution in [2.24, 2.45) is 27.2 Å². The molecule has 0 bridgehead atoms. The minimum Gasteiger partial charge on any atom is -0.262 e. The maximum absolute atomic E-state index is 5.20. The van der Waals surface area contributed by atoms with Gasteiger partial charge in [0.2, 0.25) is 0 Å². The first kappa shape index (κ1) is 45.7. The lowest BCUT2D eigenvalue weighted by molar-refractivity contribution is 0.421. The molecule has 2 nitrogen and oxygen atoms in total. The second-order valence-corrected chi connectivity index (χ2v) is 19.6. The Balaban J connectivity index is 0.916. The Kier molecular flexibility index (Phi) is 15.1. The molecular weight excluding hydrogens is 785 g/mol. The molecule has 0 N–H and O–H groups in total. The highest BCUT2D eigenvalue weighted by Crippen LogP contribution is 2.55. The van der Waals surface area contributed by atoms with Gasteiger partial charge in [0.05, 0.1) is 6.54 Å². The van der Waals surface area contributed by atoms with Crippen LogP contribution in [0.25, 0.3) is 5.57 Å². The van der Waals surface area contributed by atoms with Crippen molar-refractivity contribution in [2.75, 3.05) is 0 Å². The lowest BCUT2D eigenvalue weighted by Gasteiger charge is -2.31. The van der Waals surface area contributed by atoms with E-state index in [1.807, 2.05) is 0 Å². The van der Waals surface area contributed by atoms with Gasteiger partial charge in [-0.3, -0.25) is 4.99 Å². The summed E-state index contributed by atoms with van der Waals surface area (Å²) in [5.41, 5.74) is 20.4. The maximum Gasteiger partial charge on any atom is 0.150 e. The van der Waals surface area contributed by atoms with Crippen molar-refractivity contribution >= 4 is 17.1 Å². The molecule has 0 radical (unpaired) electrons. The van der Waals surface area contributed by atoms with Crippen LogP contribution in [0.2, 0.25) is 0 Å². The highest BCUT2D eigenvalue weighted by atomic mass is 14.9. The number of benzene rings is 2. The van der Waals surface area contributed by atoms with E-state index in [9.17, 15) is 0 Å². The molecule has 0 heterocycles. The number of rotatable bonds is 13. The van der Waals surface area contributed by atoms with Gasteiger partial charge in [0.25, 0.3) is 0 Å². The molecule has 3 unspecified atom stereocenters. The maximum atomic E-state index is 5.20. The second-order valence-electron chi connectivity index (χ2n) is 19.6. The van der Waals surface area contributed by atoms with Gasteiger partial charge in [0.1, 0.15) is 0 Å². The van der Waals surface area contributed by atoms with Gasteiger partial charge in [0, 0.05) is 11.1 Å². The minimum atomic E-state index is 0.220. The Labute approximate surface area is 391 Å². The normalized spacial score (nSPS) is 26.6. The minimum absolute atomic E-state index is 0.220. The molecule has 2 heteroatoms. The number of allylic oxidation sites excluding steroid dienone is 26. The van der Waals surface area contributed by atoms with Crippen molar-refractivity contribution in [3.8, 4) is 0 Å². The Morgan fingerprint density at radius 1 is 0.985 bits per heavy atom. The van der Waals surface area contributed by atoms with Gasteiger partial charge >= 0.3 is 0 Å². The molecule has 0 amide bonds. The van der Waals surface area contributed by atoms with Crippen LogP contribution in [-0.2, 0) is 6.54 Å². The van der Waals surface area contributed by atoms with Crippen LogP contribution in [0.4, 0.5) is 0 Å². The van der Waals surface area contributed by atoms with Gasteiger partial charge in [-0.25, -0.2) is 4.99 Å². The van der Waals surface area contributed by atoms with Gasteiger partial charge in [-0.05, 0) is 188 Å². The topological polar surface area (TPSA) is 24.7 Å². The molecule has 0 aliphatic heterocycles. The summed E-state index contributed by atoms with van der Waals surface area (Å²) < 4.78 is 0. The molecule has 6 aliphatic rings. The first-order valence-corrected chi connectivity index (χ1v) is 24.5. The lowest BCUT2D eigenvalue weighted by atomic mass is 9.73. The molecule has 8 rings (SSSR count). The molecule has 0 spiro atoms. The molecule has 0 saturated heterocycles. The molecule has 0 fully saturated rings. The Hall–Kier alpha value is -5.86. The third-order valence-corrected chi connectivity index (χ3v) is 14.3. The van der Waals surface area contributed by atoms with E-state index in [1.54, 1.807) is 16.7 Å². The summed E-state index contributed by atoms with van der Waals surface area (Å²) in [6, 6.07) is 19.4. The van der Waals surface area contributed by atoms with Gasteiger partial charge in [0.15, 0.2) is 5.84 Å². The van der Waals surface area contributed by atoms with Gasteiger partial charge in [-0.15, -0.1) is 0 Å². The highest BCUT2D eigenvalue weighted by molar-refractivity contribution is 6.11. The number of hydrogen-bond acceptors (Lipinski definition) is 1. The predicted octanol–water partition coefficient (Wildman–Crippen LogP) is 17.1. The van der Waals surface area contributed by atoms with Crippen molar-refractivity contribution in [1.82, 2.24) is 0 Å². The van der Waals surface area contributed by atoms with E-state index in [4.69, 9.17) is 9.98 Å². The van der Waals surface area contributed by atoms with Crippen LogP contribution in [0.1, 0.15) is 128 Å². The van der Waals surface area contributed by atoms with Gasteiger partial charge < -0.3 is 0 Å². The van der Waals surface area contributed by atoms with Crippen molar-refractivity contribution in [3.63, 3.8) is 0 Å². The fraction of sp³-hybridized carbons (Fsp3) is 0.333. The van der Waals surface area contributed by atoms with Crippen molar-refractivity contribution < 1.29 is 0 Å². The van der Waals surface area contributed by atoms with Crippen molar-refractivity contribution in [2.45, 2.75) is 118 Å². The molecule has 6 aliphatic carbocycles. The van der Waals surface area contributed by atoms with Gasteiger partial charge in [-0.2, -0.15) is 0 Å². The van der Waals surface area contributed by atoms with Gasteiger partial charge in [-0.1, -0.05) is 172 Å². The summed E-state index contributed by atoms with van der Waals surface area (Å²) in [5, 5.41) is 0. The number of aliphatic imine (C=N–C) groups is 2. The number of nitrogens with zero attached hydrogens (tertiary/aromatic N) is 2. The summed E-state index contributed by atoms with van der Waals surface area (Å²) in [6.45, 7) is 16.3. The third-order valence-electron chi connectivity index (χ3n) is 14.3. The zero-order valence-electron chi connectivity index (χ0n) is 39.9. The van der Waals surface area contributed by atoms with Crippen LogP contribution in [0.5, 0.6) is 0 Å². The van der Waals surface area contributed by atoms with E-state index >= 15 is 0 Å². The van der Waals surface area contributed by atoms with Crippen LogP contribution in [0.15, 0.2) is 224 Å². The summed E-state index contributed by atoms with van der Waals surface area (Å²) in [5.74, 6) is 1.93. The van der Waals surface area contributed by atoms with E-state index in [0.717, 1.165) is 81.3 Å². The lowest BCUT2D eigenvalue weighted by Crippen LogP contribution is -2.18. The Bertz CT molecular complexity index is 2620. The highest BCUT2D eigenvalue weighted by Gasteiger charge is 2.40. The molecule has 332 valence electrons. The Morgan fingerprint density at radius 2 is 1.85 bits per heavy atom. The third kappa shape index (κ3) is 11.7. The number of amidine groups is 1. The first-order valence-electron chi connectivity index (χ1n) is 24.5. The predicted molar refractivity (Wildman–Crippen MR) is 281 cm³/mol. The van der Waals surface area contributed by atoms with E-state index in [1.165, 1.54) is 68.6 Å². The van der Waals surface area contributed by atoms with Crippen LogP contribution in [0.3, 0.4) is 0 Å². The summed E-state index contributed by atoms with van der Waals surface area (Å²) in [4.78, 5) is 10.3.